The van der Waals surface area contributed by atoms with Crippen LogP contribution in [-0.4, -0.2) is 56.7 Å². The van der Waals surface area contributed by atoms with E-state index in [-0.39, 0.29) is 30.1 Å². The summed E-state index contributed by atoms with van der Waals surface area (Å²) in [5.41, 5.74) is 1.16. The summed E-state index contributed by atoms with van der Waals surface area (Å²) in [6.45, 7) is 6.98. The van der Waals surface area contributed by atoms with Crippen molar-refractivity contribution >= 4 is 29.9 Å². The number of likely N-dealkylation sites (N-methyl/N-ethyl adjacent to an activating group) is 1. The van der Waals surface area contributed by atoms with E-state index in [1.54, 1.807) is 7.05 Å². The van der Waals surface area contributed by atoms with Crippen molar-refractivity contribution < 1.29 is 4.74 Å². The second kappa shape index (κ2) is 10.8. The topological polar surface area (TPSA) is 48.9 Å². The van der Waals surface area contributed by atoms with Gasteiger partial charge in [-0.2, -0.15) is 0 Å². The molecule has 2 rings (SSSR count). The molecule has 1 aliphatic rings. The lowest BCUT2D eigenvalue weighted by Gasteiger charge is -2.22. The summed E-state index contributed by atoms with van der Waals surface area (Å²) >= 11 is 0. The number of aliphatic imine (C=N–C) groups is 1. The van der Waals surface area contributed by atoms with Gasteiger partial charge >= 0.3 is 0 Å². The van der Waals surface area contributed by atoms with Gasteiger partial charge in [0, 0.05) is 19.6 Å². The number of nitrogens with one attached hydrogen (secondary N) is 2. The van der Waals surface area contributed by atoms with Crippen molar-refractivity contribution in [3.05, 3.63) is 29.8 Å². The summed E-state index contributed by atoms with van der Waals surface area (Å²) in [6.07, 6.45) is 2.62. The maximum Gasteiger partial charge on any atom is 0.191 e. The number of benzene rings is 1. The Balaban J connectivity index is 0.00000288. The van der Waals surface area contributed by atoms with Crippen LogP contribution in [-0.2, 0) is 0 Å². The van der Waals surface area contributed by atoms with Gasteiger partial charge in [-0.3, -0.25) is 4.99 Å². The number of guanidine groups is 1. The molecule has 6 heteroatoms. The third kappa shape index (κ3) is 6.47. The van der Waals surface area contributed by atoms with Gasteiger partial charge in [-0.05, 0) is 51.9 Å². The number of hydrogen-bond acceptors (Lipinski definition) is 3. The number of ether oxygens (including phenoxy) is 1. The molecule has 0 amide bonds. The SMILES string of the molecule is CN=C(NCC(C)Oc1ccccc1C)NCC1CCCN1C.I. The van der Waals surface area contributed by atoms with E-state index in [0.29, 0.717) is 12.6 Å². The quantitative estimate of drug-likeness (QED) is 0.401. The first-order valence-electron chi connectivity index (χ1n) is 8.47. The average molecular weight is 446 g/mol. The summed E-state index contributed by atoms with van der Waals surface area (Å²) < 4.78 is 5.98. The first-order chi connectivity index (χ1) is 11.1. The van der Waals surface area contributed by atoms with Crippen LogP contribution in [0.5, 0.6) is 5.75 Å². The molecular weight excluding hydrogens is 415 g/mol. The van der Waals surface area contributed by atoms with Gasteiger partial charge in [0.1, 0.15) is 11.9 Å². The molecule has 2 N–H and O–H groups in total. The molecule has 1 heterocycles. The third-order valence-corrected chi connectivity index (χ3v) is 4.38. The molecule has 24 heavy (non-hydrogen) atoms. The Hall–Kier alpha value is -1.02. The largest absolute Gasteiger partial charge is 0.489 e. The molecule has 1 aromatic carbocycles. The van der Waals surface area contributed by atoms with E-state index in [4.69, 9.17) is 4.74 Å². The third-order valence-electron chi connectivity index (χ3n) is 4.38. The number of nitrogens with zero attached hydrogens (tertiary/aromatic N) is 2. The average Bonchev–Trinajstić information content (AvgIpc) is 2.95. The van der Waals surface area contributed by atoms with Crippen molar-refractivity contribution in [2.24, 2.45) is 4.99 Å². The molecule has 136 valence electrons. The lowest BCUT2D eigenvalue weighted by molar-refractivity contribution is 0.222. The second-order valence-electron chi connectivity index (χ2n) is 6.30. The summed E-state index contributed by atoms with van der Waals surface area (Å²) in [4.78, 5) is 6.70. The number of rotatable bonds is 6. The van der Waals surface area contributed by atoms with Gasteiger partial charge < -0.3 is 20.3 Å². The lowest BCUT2D eigenvalue weighted by atomic mass is 10.2. The van der Waals surface area contributed by atoms with Gasteiger partial charge in [-0.1, -0.05) is 18.2 Å². The maximum atomic E-state index is 5.98. The molecule has 0 spiro atoms. The zero-order valence-corrected chi connectivity index (χ0v) is 17.5. The molecule has 2 unspecified atom stereocenters. The van der Waals surface area contributed by atoms with Gasteiger partial charge in [-0.25, -0.2) is 0 Å². The Morgan fingerprint density at radius 3 is 2.75 bits per heavy atom. The first-order valence-corrected chi connectivity index (χ1v) is 8.47. The van der Waals surface area contributed by atoms with E-state index in [1.807, 2.05) is 18.2 Å². The molecule has 0 aliphatic carbocycles. The van der Waals surface area contributed by atoms with Gasteiger partial charge in [0.2, 0.25) is 0 Å². The number of para-hydroxylation sites is 1. The fourth-order valence-electron chi connectivity index (χ4n) is 2.86. The van der Waals surface area contributed by atoms with Crippen LogP contribution in [0.4, 0.5) is 0 Å². The molecule has 5 nitrogen and oxygen atoms in total. The van der Waals surface area contributed by atoms with Crippen LogP contribution in [0.1, 0.15) is 25.3 Å². The van der Waals surface area contributed by atoms with Crippen molar-refractivity contribution in [3.63, 3.8) is 0 Å². The van der Waals surface area contributed by atoms with Crippen LogP contribution < -0.4 is 15.4 Å². The second-order valence-corrected chi connectivity index (χ2v) is 6.30. The van der Waals surface area contributed by atoms with Gasteiger partial charge in [0.05, 0.1) is 6.54 Å². The van der Waals surface area contributed by atoms with Crippen LogP contribution in [0.3, 0.4) is 0 Å². The highest BCUT2D eigenvalue weighted by Gasteiger charge is 2.20. The Morgan fingerprint density at radius 1 is 1.38 bits per heavy atom. The smallest absolute Gasteiger partial charge is 0.191 e. The molecule has 1 fully saturated rings. The molecule has 2 atom stereocenters. The molecular formula is C18H31IN4O. The lowest BCUT2D eigenvalue weighted by Crippen LogP contribution is -2.46. The van der Waals surface area contributed by atoms with Crippen LogP contribution in [0, 0.1) is 6.92 Å². The van der Waals surface area contributed by atoms with Crippen LogP contribution >= 0.6 is 24.0 Å². The molecule has 0 saturated carbocycles. The minimum atomic E-state index is 0. The molecule has 0 radical (unpaired) electrons. The highest BCUT2D eigenvalue weighted by Crippen LogP contribution is 2.17. The van der Waals surface area contributed by atoms with E-state index in [0.717, 1.165) is 23.8 Å². The molecule has 1 saturated heterocycles. The normalized spacial score (nSPS) is 19.5. The molecule has 1 aliphatic heterocycles. The van der Waals surface area contributed by atoms with E-state index in [9.17, 15) is 0 Å². The Labute approximate surface area is 163 Å². The van der Waals surface area contributed by atoms with Crippen LogP contribution in [0.25, 0.3) is 0 Å². The van der Waals surface area contributed by atoms with Crippen LogP contribution in [0.15, 0.2) is 29.3 Å². The van der Waals surface area contributed by atoms with E-state index >= 15 is 0 Å². The van der Waals surface area contributed by atoms with E-state index in [2.05, 4.69) is 47.5 Å². The monoisotopic (exact) mass is 446 g/mol. The first kappa shape index (κ1) is 21.0. The summed E-state index contributed by atoms with van der Waals surface area (Å²) in [5, 5.41) is 6.76. The maximum absolute atomic E-state index is 5.98. The van der Waals surface area contributed by atoms with Gasteiger partial charge in [0.25, 0.3) is 0 Å². The zero-order valence-electron chi connectivity index (χ0n) is 15.2. The summed E-state index contributed by atoms with van der Waals surface area (Å²) in [5.74, 6) is 1.78. The van der Waals surface area contributed by atoms with Crippen molar-refractivity contribution in [1.29, 1.82) is 0 Å². The highest BCUT2D eigenvalue weighted by atomic mass is 127. The highest BCUT2D eigenvalue weighted by molar-refractivity contribution is 14.0. The number of likely N-dealkylation sites (tertiary alicyclic amines) is 1. The number of halogens is 1. The molecule has 1 aromatic rings. The number of hydrogen-bond donors (Lipinski definition) is 2. The molecule has 0 bridgehead atoms. The molecule has 0 aromatic heterocycles. The minimum absolute atomic E-state index is 0. The van der Waals surface area contributed by atoms with Gasteiger partial charge in [-0.15, -0.1) is 24.0 Å². The van der Waals surface area contributed by atoms with Crippen LogP contribution in [0.2, 0.25) is 0 Å². The Bertz CT molecular complexity index is 523. The fourth-order valence-corrected chi connectivity index (χ4v) is 2.86. The van der Waals surface area contributed by atoms with Crippen molar-refractivity contribution in [3.8, 4) is 5.75 Å². The Morgan fingerprint density at radius 2 is 2.12 bits per heavy atom. The minimum Gasteiger partial charge on any atom is -0.489 e. The van der Waals surface area contributed by atoms with E-state index in [1.165, 1.54) is 19.4 Å². The van der Waals surface area contributed by atoms with Crippen molar-refractivity contribution in [2.75, 3.05) is 33.7 Å². The Kier molecular flexibility index (Phi) is 9.43. The fraction of sp³-hybridized carbons (Fsp3) is 0.611. The van der Waals surface area contributed by atoms with E-state index < -0.39 is 0 Å². The predicted molar refractivity (Wildman–Crippen MR) is 112 cm³/mol. The van der Waals surface area contributed by atoms with Crippen molar-refractivity contribution in [2.45, 2.75) is 38.8 Å². The number of aryl methyl sites for hydroxylation is 1. The summed E-state index contributed by atoms with van der Waals surface area (Å²) in [7, 11) is 3.99. The predicted octanol–water partition coefficient (Wildman–Crippen LogP) is 2.64. The van der Waals surface area contributed by atoms with Gasteiger partial charge in [0.15, 0.2) is 5.96 Å². The zero-order chi connectivity index (χ0) is 16.7. The van der Waals surface area contributed by atoms with Crippen molar-refractivity contribution in [1.82, 2.24) is 15.5 Å². The standard InChI is InChI=1S/C18H30N4O.HI/c1-14-8-5-6-10-17(14)23-15(2)12-20-18(19-3)21-13-16-9-7-11-22(16)4;/h5-6,8,10,15-16H,7,9,11-13H2,1-4H3,(H2,19,20,21);1H. The summed E-state index contributed by atoms with van der Waals surface area (Å²) in [6, 6.07) is 8.70.